The number of rotatable bonds is 6. The van der Waals surface area contributed by atoms with E-state index in [4.69, 9.17) is 9.15 Å². The molecule has 2 aromatic heterocycles. The number of aromatic nitrogens is 2. The number of ether oxygens (including phenoxy) is 1. The van der Waals surface area contributed by atoms with Crippen LogP contribution in [0.5, 0.6) is 0 Å². The van der Waals surface area contributed by atoms with Crippen LogP contribution in [0.15, 0.2) is 40.1 Å². The minimum absolute atomic E-state index is 0.000235. The van der Waals surface area contributed by atoms with Crippen LogP contribution in [-0.2, 0) is 9.53 Å². The molecule has 27 heavy (non-hydrogen) atoms. The fourth-order valence-electron chi connectivity index (χ4n) is 2.35. The maximum absolute atomic E-state index is 12.3. The lowest BCUT2D eigenvalue weighted by atomic mass is 10.1. The van der Waals surface area contributed by atoms with Gasteiger partial charge in [-0.15, -0.1) is 11.3 Å². The Labute approximate surface area is 159 Å². The van der Waals surface area contributed by atoms with E-state index in [9.17, 15) is 14.9 Å². The average Bonchev–Trinajstić information content (AvgIpc) is 3.27. The highest BCUT2D eigenvalue weighted by Gasteiger charge is 2.26. The summed E-state index contributed by atoms with van der Waals surface area (Å²) in [5, 5.41) is 11.4. The minimum Gasteiger partial charge on any atom is -0.453 e. The van der Waals surface area contributed by atoms with Crippen LogP contribution >= 0.6 is 11.3 Å². The van der Waals surface area contributed by atoms with Crippen LogP contribution in [0.1, 0.15) is 32.9 Å². The number of Topliss-reactive ketones (excluding diaryl/α,β-unsaturated/α-hetero) is 1. The van der Waals surface area contributed by atoms with Gasteiger partial charge in [0, 0.05) is 16.6 Å². The molecule has 0 saturated carbocycles. The Hall–Kier alpha value is -3.31. The Bertz CT molecular complexity index is 1020. The van der Waals surface area contributed by atoms with Gasteiger partial charge in [-0.3, -0.25) is 4.79 Å². The molecule has 0 saturated heterocycles. The molecular formula is C19H15N3O4S. The Morgan fingerprint density at radius 3 is 2.63 bits per heavy atom. The van der Waals surface area contributed by atoms with Crippen molar-refractivity contribution in [2.45, 2.75) is 19.8 Å². The number of thiazole rings is 1. The quantitative estimate of drug-likeness (QED) is 0.602. The zero-order chi connectivity index (χ0) is 19.4. The number of benzene rings is 1. The number of carbonyl (C=O) groups excluding carboxylic acids is 2. The molecule has 0 N–H and O–H groups in total. The molecule has 0 amide bonds. The number of oxazole rings is 1. The summed E-state index contributed by atoms with van der Waals surface area (Å²) in [7, 11) is 0. The molecule has 8 heteroatoms. The SMILES string of the molecule is Cc1csc([C@H](C#N)C(=O)COC(=O)c2nc(-c3ccccc3)oc2C)n1. The highest BCUT2D eigenvalue weighted by Crippen LogP contribution is 2.23. The molecule has 3 aromatic rings. The van der Waals surface area contributed by atoms with Gasteiger partial charge in [-0.2, -0.15) is 5.26 Å². The van der Waals surface area contributed by atoms with E-state index >= 15 is 0 Å². The highest BCUT2D eigenvalue weighted by atomic mass is 32.1. The smallest absolute Gasteiger partial charge is 0.361 e. The summed E-state index contributed by atoms with van der Waals surface area (Å²) in [5.41, 5.74) is 1.45. The van der Waals surface area contributed by atoms with Crippen LogP contribution in [-0.4, -0.2) is 28.3 Å². The van der Waals surface area contributed by atoms with Gasteiger partial charge in [0.15, 0.2) is 24.0 Å². The first kappa shape index (κ1) is 18.5. The summed E-state index contributed by atoms with van der Waals surface area (Å²) in [5.74, 6) is -1.79. The summed E-state index contributed by atoms with van der Waals surface area (Å²) in [6.45, 7) is 2.83. The van der Waals surface area contributed by atoms with E-state index in [1.165, 1.54) is 11.3 Å². The van der Waals surface area contributed by atoms with Crippen molar-refractivity contribution in [2.24, 2.45) is 0 Å². The van der Waals surface area contributed by atoms with Gasteiger partial charge in [0.2, 0.25) is 5.89 Å². The van der Waals surface area contributed by atoms with Crippen LogP contribution in [0.25, 0.3) is 11.5 Å². The van der Waals surface area contributed by atoms with Gasteiger partial charge in [-0.1, -0.05) is 18.2 Å². The molecule has 1 atom stereocenters. The molecule has 2 heterocycles. The number of carbonyl (C=O) groups is 2. The fraction of sp³-hybridized carbons (Fsp3) is 0.211. The normalized spacial score (nSPS) is 11.6. The molecular weight excluding hydrogens is 366 g/mol. The average molecular weight is 381 g/mol. The molecule has 0 radical (unpaired) electrons. The van der Waals surface area contributed by atoms with Crippen molar-refractivity contribution >= 4 is 23.1 Å². The topological polar surface area (TPSA) is 106 Å². The number of nitriles is 1. The number of esters is 1. The van der Waals surface area contributed by atoms with Gasteiger partial charge in [0.05, 0.1) is 6.07 Å². The van der Waals surface area contributed by atoms with Gasteiger partial charge in [0.1, 0.15) is 10.8 Å². The minimum atomic E-state index is -1.06. The maximum Gasteiger partial charge on any atom is 0.361 e. The fourth-order valence-corrected chi connectivity index (χ4v) is 3.21. The van der Waals surface area contributed by atoms with Gasteiger partial charge in [-0.25, -0.2) is 14.8 Å². The molecule has 0 unspecified atom stereocenters. The summed E-state index contributed by atoms with van der Waals surface area (Å²) < 4.78 is 10.6. The molecule has 0 aliphatic heterocycles. The van der Waals surface area contributed by atoms with Crippen molar-refractivity contribution in [3.8, 4) is 17.5 Å². The number of hydrogen-bond acceptors (Lipinski definition) is 8. The van der Waals surface area contributed by atoms with Crippen LogP contribution < -0.4 is 0 Å². The van der Waals surface area contributed by atoms with Gasteiger partial charge >= 0.3 is 5.97 Å². The molecule has 0 spiro atoms. The predicted molar refractivity (Wildman–Crippen MR) is 97.2 cm³/mol. The second-order valence-corrected chi connectivity index (χ2v) is 6.61. The molecule has 136 valence electrons. The van der Waals surface area contributed by atoms with E-state index in [2.05, 4.69) is 9.97 Å². The van der Waals surface area contributed by atoms with Crippen molar-refractivity contribution in [3.63, 3.8) is 0 Å². The van der Waals surface area contributed by atoms with Crippen molar-refractivity contribution in [3.05, 3.63) is 57.9 Å². The van der Waals surface area contributed by atoms with E-state index in [-0.39, 0.29) is 5.69 Å². The Morgan fingerprint density at radius 1 is 1.26 bits per heavy atom. The van der Waals surface area contributed by atoms with E-state index in [0.29, 0.717) is 16.7 Å². The molecule has 0 aliphatic rings. The van der Waals surface area contributed by atoms with Crippen LogP contribution in [0.2, 0.25) is 0 Å². The first-order valence-corrected chi connectivity index (χ1v) is 8.92. The lowest BCUT2D eigenvalue weighted by Gasteiger charge is -2.05. The Balaban J connectivity index is 1.68. The van der Waals surface area contributed by atoms with Crippen molar-refractivity contribution in [1.29, 1.82) is 5.26 Å². The third-order valence-electron chi connectivity index (χ3n) is 3.69. The van der Waals surface area contributed by atoms with Crippen LogP contribution in [0.4, 0.5) is 0 Å². The summed E-state index contributed by atoms with van der Waals surface area (Å²) in [6.07, 6.45) is 0. The summed E-state index contributed by atoms with van der Waals surface area (Å²) >= 11 is 1.22. The van der Waals surface area contributed by atoms with E-state index in [0.717, 1.165) is 11.3 Å². The Kier molecular flexibility index (Phi) is 5.43. The number of hydrogen-bond donors (Lipinski definition) is 0. The lowest BCUT2D eigenvalue weighted by molar-refractivity contribution is -0.122. The lowest BCUT2D eigenvalue weighted by Crippen LogP contribution is -2.20. The third-order valence-corrected chi connectivity index (χ3v) is 4.72. The van der Waals surface area contributed by atoms with Gasteiger partial charge in [-0.05, 0) is 26.0 Å². The summed E-state index contributed by atoms with van der Waals surface area (Å²) in [6, 6.07) is 11.0. The van der Waals surface area contributed by atoms with Crippen molar-refractivity contribution < 1.29 is 18.7 Å². The molecule has 0 bridgehead atoms. The second-order valence-electron chi connectivity index (χ2n) is 5.72. The first-order chi connectivity index (χ1) is 13.0. The van der Waals surface area contributed by atoms with E-state index in [1.54, 1.807) is 31.4 Å². The molecule has 3 rings (SSSR count). The zero-order valence-electron chi connectivity index (χ0n) is 14.6. The monoisotopic (exact) mass is 381 g/mol. The van der Waals surface area contributed by atoms with Crippen molar-refractivity contribution in [2.75, 3.05) is 6.61 Å². The molecule has 7 nitrogen and oxygen atoms in total. The number of nitrogens with zero attached hydrogens (tertiary/aromatic N) is 3. The second kappa shape index (κ2) is 7.93. The summed E-state index contributed by atoms with van der Waals surface area (Å²) in [4.78, 5) is 32.8. The van der Waals surface area contributed by atoms with Gasteiger partial charge in [0.25, 0.3) is 0 Å². The number of ketones is 1. The van der Waals surface area contributed by atoms with Crippen LogP contribution in [0.3, 0.4) is 0 Å². The largest absolute Gasteiger partial charge is 0.453 e. The van der Waals surface area contributed by atoms with E-state index in [1.807, 2.05) is 24.3 Å². The molecule has 0 fully saturated rings. The Morgan fingerprint density at radius 2 is 2.00 bits per heavy atom. The van der Waals surface area contributed by atoms with Gasteiger partial charge < -0.3 is 9.15 Å². The van der Waals surface area contributed by atoms with E-state index < -0.39 is 24.3 Å². The third kappa shape index (κ3) is 4.10. The molecule has 0 aliphatic carbocycles. The zero-order valence-corrected chi connectivity index (χ0v) is 15.4. The highest BCUT2D eigenvalue weighted by molar-refractivity contribution is 7.09. The first-order valence-electron chi connectivity index (χ1n) is 8.04. The number of aryl methyl sites for hydroxylation is 2. The predicted octanol–water partition coefficient (Wildman–Crippen LogP) is 3.45. The standard InChI is InChI=1S/C19H15N3O4S/c1-11-10-27-18(21-11)14(8-20)15(23)9-25-19(24)16-12(2)26-17(22-16)13-6-4-3-5-7-13/h3-7,10,14H,9H2,1-2H3/t14-/m1/s1. The van der Waals surface area contributed by atoms with Crippen molar-refractivity contribution in [1.82, 2.24) is 9.97 Å². The maximum atomic E-state index is 12.3. The molecule has 1 aromatic carbocycles. The van der Waals surface area contributed by atoms with Crippen LogP contribution in [0, 0.1) is 25.2 Å².